The topological polar surface area (TPSA) is 75.7 Å². The number of amides is 2. The molecule has 0 N–H and O–H groups in total. The SMILES string of the molecule is C[C@@H]1CCCCN1C(=O)CSc1nnc2n(CC(=O)N3[C@H](C)CCC[C@H]3C)c3ccccc3n12. The molecule has 2 aliphatic heterocycles. The Labute approximate surface area is 204 Å². The van der Waals surface area contributed by atoms with Crippen molar-refractivity contribution in [2.24, 2.45) is 0 Å². The highest BCUT2D eigenvalue weighted by Crippen LogP contribution is 2.28. The van der Waals surface area contributed by atoms with E-state index in [2.05, 4.69) is 31.0 Å². The molecular formula is C25H34N6O2S. The lowest BCUT2D eigenvalue weighted by Gasteiger charge is -2.39. The molecule has 0 bridgehead atoms. The summed E-state index contributed by atoms with van der Waals surface area (Å²) in [4.78, 5) is 30.3. The first-order chi connectivity index (χ1) is 16.5. The van der Waals surface area contributed by atoms with Gasteiger partial charge < -0.3 is 9.80 Å². The van der Waals surface area contributed by atoms with Crippen LogP contribution in [0.3, 0.4) is 0 Å². The number of nitrogens with zero attached hydrogens (tertiary/aromatic N) is 6. The number of benzene rings is 1. The first-order valence-electron chi connectivity index (χ1n) is 12.5. The second-order valence-corrected chi connectivity index (χ2v) is 10.8. The van der Waals surface area contributed by atoms with Crippen molar-refractivity contribution in [2.75, 3.05) is 12.3 Å². The maximum atomic E-state index is 13.4. The zero-order chi connectivity index (χ0) is 23.8. The average molecular weight is 483 g/mol. The number of fused-ring (bicyclic) bond motifs is 3. The van der Waals surface area contributed by atoms with E-state index in [1.807, 2.05) is 43.0 Å². The Bertz CT molecular complexity index is 1190. The van der Waals surface area contributed by atoms with Crippen LogP contribution >= 0.6 is 11.8 Å². The number of para-hydroxylation sites is 2. The number of rotatable bonds is 5. The van der Waals surface area contributed by atoms with E-state index in [9.17, 15) is 9.59 Å². The summed E-state index contributed by atoms with van der Waals surface area (Å²) in [7, 11) is 0. The molecule has 182 valence electrons. The van der Waals surface area contributed by atoms with E-state index in [1.165, 1.54) is 24.6 Å². The molecule has 2 aliphatic rings. The van der Waals surface area contributed by atoms with Crippen molar-refractivity contribution in [1.29, 1.82) is 0 Å². The number of hydrogen-bond donors (Lipinski definition) is 0. The molecule has 4 heterocycles. The van der Waals surface area contributed by atoms with Crippen LogP contribution in [0.25, 0.3) is 16.8 Å². The minimum Gasteiger partial charge on any atom is -0.339 e. The van der Waals surface area contributed by atoms with Gasteiger partial charge in [-0.2, -0.15) is 0 Å². The zero-order valence-electron chi connectivity index (χ0n) is 20.3. The number of likely N-dealkylation sites (tertiary alicyclic amines) is 2. The van der Waals surface area contributed by atoms with Crippen molar-refractivity contribution < 1.29 is 9.59 Å². The van der Waals surface area contributed by atoms with E-state index in [4.69, 9.17) is 0 Å². The number of hydrogen-bond acceptors (Lipinski definition) is 5. The zero-order valence-corrected chi connectivity index (χ0v) is 21.1. The minimum atomic E-state index is 0.120. The summed E-state index contributed by atoms with van der Waals surface area (Å²) in [6, 6.07) is 8.82. The molecule has 0 unspecified atom stereocenters. The maximum absolute atomic E-state index is 13.4. The predicted octanol–water partition coefficient (Wildman–Crippen LogP) is 3.97. The molecule has 3 aromatic rings. The molecule has 0 spiro atoms. The highest BCUT2D eigenvalue weighted by Gasteiger charge is 2.30. The van der Waals surface area contributed by atoms with E-state index in [1.54, 1.807) is 0 Å². The number of thioether (sulfide) groups is 1. The van der Waals surface area contributed by atoms with Crippen LogP contribution in [0.4, 0.5) is 0 Å². The van der Waals surface area contributed by atoms with Gasteiger partial charge in [0.2, 0.25) is 17.6 Å². The lowest BCUT2D eigenvalue weighted by Crippen LogP contribution is -2.48. The Morgan fingerprint density at radius 3 is 2.35 bits per heavy atom. The van der Waals surface area contributed by atoms with Crippen molar-refractivity contribution in [1.82, 2.24) is 29.0 Å². The third kappa shape index (κ3) is 4.19. The highest BCUT2D eigenvalue weighted by molar-refractivity contribution is 7.99. The summed E-state index contributed by atoms with van der Waals surface area (Å²) < 4.78 is 3.96. The number of imidazole rings is 1. The Balaban J connectivity index is 1.41. The van der Waals surface area contributed by atoms with Crippen LogP contribution in [0.15, 0.2) is 29.4 Å². The van der Waals surface area contributed by atoms with Gasteiger partial charge in [-0.3, -0.25) is 18.6 Å². The largest absolute Gasteiger partial charge is 0.339 e. The Hall–Kier alpha value is -2.55. The van der Waals surface area contributed by atoms with E-state index in [0.29, 0.717) is 22.7 Å². The van der Waals surface area contributed by atoms with Gasteiger partial charge in [-0.25, -0.2) is 0 Å². The minimum absolute atomic E-state index is 0.120. The first-order valence-corrected chi connectivity index (χ1v) is 13.5. The molecule has 2 saturated heterocycles. The van der Waals surface area contributed by atoms with E-state index < -0.39 is 0 Å². The summed E-state index contributed by atoms with van der Waals surface area (Å²) in [5.41, 5.74) is 1.91. The van der Waals surface area contributed by atoms with Crippen molar-refractivity contribution in [3.8, 4) is 0 Å². The third-order valence-corrected chi connectivity index (χ3v) is 8.41. The normalized spacial score (nSPS) is 23.7. The second-order valence-electron chi connectivity index (χ2n) is 9.84. The van der Waals surface area contributed by atoms with E-state index >= 15 is 0 Å². The van der Waals surface area contributed by atoms with Crippen molar-refractivity contribution in [2.45, 2.75) is 89.1 Å². The van der Waals surface area contributed by atoms with Gasteiger partial charge in [0.25, 0.3) is 0 Å². The van der Waals surface area contributed by atoms with Crippen molar-refractivity contribution >= 4 is 40.4 Å². The molecular weight excluding hydrogens is 448 g/mol. The smallest absolute Gasteiger partial charge is 0.243 e. The summed E-state index contributed by atoms with van der Waals surface area (Å²) in [6.45, 7) is 7.49. The molecule has 9 heteroatoms. The van der Waals surface area contributed by atoms with Crippen LogP contribution in [0, 0.1) is 0 Å². The second kappa shape index (κ2) is 9.60. The standard InChI is InChI=1S/C25H34N6O2S/c1-17-9-6-7-14-28(17)23(33)16-34-25-27-26-24-29(20-12-4-5-13-21(20)31(24)25)15-22(32)30-18(2)10-8-11-19(30)3/h4-5,12-13,17-19H,6-11,14-16H2,1-3H3/t17-,18-,19-/m1/s1. The van der Waals surface area contributed by atoms with Gasteiger partial charge in [-0.1, -0.05) is 23.9 Å². The molecule has 0 aliphatic carbocycles. The Morgan fingerprint density at radius 1 is 0.912 bits per heavy atom. The van der Waals surface area contributed by atoms with Crippen molar-refractivity contribution in [3.05, 3.63) is 24.3 Å². The summed E-state index contributed by atoms with van der Waals surface area (Å²) in [6.07, 6.45) is 6.60. The fourth-order valence-electron chi connectivity index (χ4n) is 5.69. The van der Waals surface area contributed by atoms with Crippen LogP contribution in [-0.2, 0) is 16.1 Å². The van der Waals surface area contributed by atoms with Crippen molar-refractivity contribution in [3.63, 3.8) is 0 Å². The van der Waals surface area contributed by atoms with Crippen LogP contribution in [0.2, 0.25) is 0 Å². The van der Waals surface area contributed by atoms with Gasteiger partial charge in [0.05, 0.1) is 16.8 Å². The Morgan fingerprint density at radius 2 is 1.62 bits per heavy atom. The number of carbonyl (C=O) groups is 2. The van der Waals surface area contributed by atoms with Crippen LogP contribution in [0.1, 0.15) is 59.3 Å². The molecule has 8 nitrogen and oxygen atoms in total. The molecule has 2 amide bonds. The molecule has 0 saturated carbocycles. The fourth-order valence-corrected chi connectivity index (χ4v) is 6.52. The molecule has 1 aromatic carbocycles. The predicted molar refractivity (Wildman–Crippen MR) is 134 cm³/mol. The molecule has 2 aromatic heterocycles. The highest BCUT2D eigenvalue weighted by atomic mass is 32.2. The van der Waals surface area contributed by atoms with Gasteiger partial charge >= 0.3 is 0 Å². The Kier molecular flexibility index (Phi) is 6.55. The fraction of sp³-hybridized carbons (Fsp3) is 0.600. The van der Waals surface area contributed by atoms with Crippen LogP contribution in [0.5, 0.6) is 0 Å². The summed E-state index contributed by atoms with van der Waals surface area (Å²) in [5.74, 6) is 1.26. The van der Waals surface area contributed by atoms with Gasteiger partial charge in [0.15, 0.2) is 5.16 Å². The lowest BCUT2D eigenvalue weighted by molar-refractivity contribution is -0.137. The molecule has 3 atom stereocenters. The first kappa shape index (κ1) is 23.2. The molecule has 2 fully saturated rings. The monoisotopic (exact) mass is 482 g/mol. The van der Waals surface area contributed by atoms with E-state index in [-0.39, 0.29) is 30.4 Å². The van der Waals surface area contributed by atoms with Gasteiger partial charge in [0, 0.05) is 24.7 Å². The summed E-state index contributed by atoms with van der Waals surface area (Å²) >= 11 is 1.43. The van der Waals surface area contributed by atoms with Crippen LogP contribution in [-0.4, -0.2) is 71.2 Å². The number of aromatic nitrogens is 4. The third-order valence-electron chi connectivity index (χ3n) is 7.49. The average Bonchev–Trinajstić information content (AvgIpc) is 3.37. The molecule has 34 heavy (non-hydrogen) atoms. The van der Waals surface area contributed by atoms with Gasteiger partial charge in [0.1, 0.15) is 6.54 Å². The maximum Gasteiger partial charge on any atom is 0.243 e. The summed E-state index contributed by atoms with van der Waals surface area (Å²) in [5, 5.41) is 9.56. The lowest BCUT2D eigenvalue weighted by atomic mass is 9.97. The number of piperidine rings is 2. The van der Waals surface area contributed by atoms with Gasteiger partial charge in [-0.15, -0.1) is 10.2 Å². The van der Waals surface area contributed by atoms with Crippen LogP contribution < -0.4 is 0 Å². The number of carbonyl (C=O) groups excluding carboxylic acids is 2. The van der Waals surface area contributed by atoms with Gasteiger partial charge in [-0.05, 0) is 71.4 Å². The molecule has 5 rings (SSSR count). The molecule has 0 radical (unpaired) electrons. The quantitative estimate of drug-likeness (QED) is 0.515. The van der Waals surface area contributed by atoms with E-state index in [0.717, 1.165) is 43.3 Å².